The molecule has 1 aromatic heterocycles. The van der Waals surface area contributed by atoms with Gasteiger partial charge in [-0.25, -0.2) is 14.4 Å². The Hall–Kier alpha value is -2.25. The summed E-state index contributed by atoms with van der Waals surface area (Å²) in [5.41, 5.74) is 6.11. The Morgan fingerprint density at radius 1 is 1.42 bits per heavy atom. The number of carbonyl (C=O) groups is 1. The predicted molar refractivity (Wildman–Crippen MR) is 89.4 cm³/mol. The lowest BCUT2D eigenvalue weighted by Gasteiger charge is -2.26. The average molecular weight is 350 g/mol. The van der Waals surface area contributed by atoms with Crippen molar-refractivity contribution in [3.8, 4) is 0 Å². The van der Waals surface area contributed by atoms with Crippen molar-refractivity contribution in [2.24, 2.45) is 5.73 Å². The van der Waals surface area contributed by atoms with Crippen molar-refractivity contribution in [3.63, 3.8) is 0 Å². The van der Waals surface area contributed by atoms with Crippen LogP contribution in [0, 0.1) is 5.82 Å². The van der Waals surface area contributed by atoms with Crippen molar-refractivity contribution in [2.45, 2.75) is 18.5 Å². The second-order valence-electron chi connectivity index (χ2n) is 5.79. The van der Waals surface area contributed by atoms with Gasteiger partial charge in [-0.15, -0.1) is 0 Å². The molecule has 0 saturated carbocycles. The second kappa shape index (κ2) is 6.70. The van der Waals surface area contributed by atoms with Gasteiger partial charge in [-0.05, 0) is 31.2 Å². The number of nitrogens with one attached hydrogen (secondary N) is 1. The van der Waals surface area contributed by atoms with Gasteiger partial charge in [0, 0.05) is 12.6 Å². The van der Waals surface area contributed by atoms with Crippen LogP contribution < -0.4 is 11.1 Å². The number of aromatic nitrogens is 2. The molecule has 2 atom stereocenters. The summed E-state index contributed by atoms with van der Waals surface area (Å²) in [5.74, 6) is -0.511. The molecule has 1 aliphatic heterocycles. The highest BCUT2D eigenvalue weighted by Gasteiger charge is 2.33. The summed E-state index contributed by atoms with van der Waals surface area (Å²) in [7, 11) is 1.99. The van der Waals surface area contributed by atoms with Crippen LogP contribution in [0.1, 0.15) is 28.5 Å². The van der Waals surface area contributed by atoms with E-state index in [4.69, 9.17) is 17.3 Å². The second-order valence-corrected chi connectivity index (χ2v) is 6.20. The van der Waals surface area contributed by atoms with E-state index >= 15 is 0 Å². The van der Waals surface area contributed by atoms with E-state index in [2.05, 4.69) is 20.2 Å². The molecule has 1 aromatic carbocycles. The van der Waals surface area contributed by atoms with Gasteiger partial charge in [0.1, 0.15) is 17.3 Å². The number of amides is 1. The number of primary amides is 1. The number of likely N-dealkylation sites (N-methyl/N-ethyl adjacent to an activating group) is 1. The number of halogens is 2. The average Bonchev–Trinajstić information content (AvgIpc) is 2.91. The van der Waals surface area contributed by atoms with Gasteiger partial charge in [0.15, 0.2) is 0 Å². The number of nitrogens with zero attached hydrogens (tertiary/aromatic N) is 3. The standard InChI is InChI=1S/C16H17ClFN5O/c1-23-5-4-12(15(23)9-2-3-10(17)11(18)6-9)22-14-8-20-13(7-21-14)16(19)24/h2-3,6-8,12,15H,4-5H2,1H3,(H2,19,24)(H,21,22)/t12-,15+/m0/s1. The highest BCUT2D eigenvalue weighted by molar-refractivity contribution is 6.30. The summed E-state index contributed by atoms with van der Waals surface area (Å²) < 4.78 is 13.8. The van der Waals surface area contributed by atoms with E-state index in [1.807, 2.05) is 13.1 Å². The van der Waals surface area contributed by atoms with Crippen molar-refractivity contribution in [1.82, 2.24) is 14.9 Å². The van der Waals surface area contributed by atoms with E-state index < -0.39 is 11.7 Å². The number of hydrogen-bond donors (Lipinski definition) is 2. The van der Waals surface area contributed by atoms with E-state index in [0.717, 1.165) is 18.5 Å². The zero-order chi connectivity index (χ0) is 17.3. The van der Waals surface area contributed by atoms with Gasteiger partial charge >= 0.3 is 0 Å². The molecule has 1 amide bonds. The summed E-state index contributed by atoms with van der Waals surface area (Å²) in [6.07, 6.45) is 3.67. The van der Waals surface area contributed by atoms with Crippen LogP contribution >= 0.6 is 11.6 Å². The zero-order valence-electron chi connectivity index (χ0n) is 13.0. The molecule has 1 aliphatic rings. The highest BCUT2D eigenvalue weighted by atomic mass is 35.5. The van der Waals surface area contributed by atoms with Crippen molar-refractivity contribution >= 4 is 23.3 Å². The number of nitrogens with two attached hydrogens (primary N) is 1. The molecular formula is C16H17ClFN5O. The first-order chi connectivity index (χ1) is 11.5. The van der Waals surface area contributed by atoms with Crippen LogP contribution in [0.5, 0.6) is 0 Å². The quantitative estimate of drug-likeness (QED) is 0.884. The number of hydrogen-bond acceptors (Lipinski definition) is 5. The number of likely N-dealkylation sites (tertiary alicyclic amines) is 1. The number of rotatable bonds is 4. The molecule has 1 saturated heterocycles. The Morgan fingerprint density at radius 3 is 2.83 bits per heavy atom. The number of carbonyl (C=O) groups excluding carboxylic acids is 1. The van der Waals surface area contributed by atoms with E-state index in [9.17, 15) is 9.18 Å². The van der Waals surface area contributed by atoms with Crippen molar-refractivity contribution in [2.75, 3.05) is 18.9 Å². The largest absolute Gasteiger partial charge is 0.364 e. The van der Waals surface area contributed by atoms with Gasteiger partial charge < -0.3 is 11.1 Å². The Labute approximate surface area is 143 Å². The molecule has 0 spiro atoms. The van der Waals surface area contributed by atoms with Gasteiger partial charge in [-0.1, -0.05) is 17.7 Å². The molecular weight excluding hydrogens is 333 g/mol. The summed E-state index contributed by atoms with van der Waals surface area (Å²) >= 11 is 5.77. The van der Waals surface area contributed by atoms with Crippen LogP contribution in [-0.4, -0.2) is 40.4 Å². The van der Waals surface area contributed by atoms with Crippen molar-refractivity contribution in [1.29, 1.82) is 0 Å². The first-order valence-corrected chi connectivity index (χ1v) is 7.87. The lowest BCUT2D eigenvalue weighted by molar-refractivity contribution is 0.0995. The van der Waals surface area contributed by atoms with Crippen LogP contribution in [0.4, 0.5) is 10.2 Å². The van der Waals surface area contributed by atoms with Gasteiger partial charge in [0.25, 0.3) is 5.91 Å². The third-order valence-electron chi connectivity index (χ3n) is 4.17. The summed E-state index contributed by atoms with van der Waals surface area (Å²) in [4.78, 5) is 21.3. The third kappa shape index (κ3) is 3.32. The smallest absolute Gasteiger partial charge is 0.268 e. The summed E-state index contributed by atoms with van der Waals surface area (Å²) in [6, 6.07) is 4.87. The highest BCUT2D eigenvalue weighted by Crippen LogP contribution is 2.34. The first kappa shape index (κ1) is 16.6. The fourth-order valence-corrected chi connectivity index (χ4v) is 3.12. The Balaban J connectivity index is 1.81. The minimum Gasteiger partial charge on any atom is -0.364 e. The predicted octanol–water partition coefficient (Wildman–Crippen LogP) is 2.23. The maximum Gasteiger partial charge on any atom is 0.268 e. The van der Waals surface area contributed by atoms with Gasteiger partial charge in [-0.2, -0.15) is 0 Å². The van der Waals surface area contributed by atoms with Crippen molar-refractivity contribution in [3.05, 3.63) is 52.7 Å². The SMILES string of the molecule is CN1CC[C@H](Nc2cnc(C(N)=O)cn2)[C@H]1c1ccc(Cl)c(F)c1. The van der Waals surface area contributed by atoms with Crippen LogP contribution in [0.25, 0.3) is 0 Å². The Kier molecular flexibility index (Phi) is 4.64. The molecule has 0 aliphatic carbocycles. The fraction of sp³-hybridized carbons (Fsp3) is 0.312. The molecule has 1 fully saturated rings. The topological polar surface area (TPSA) is 84.1 Å². The molecule has 2 heterocycles. The molecule has 8 heteroatoms. The van der Waals surface area contributed by atoms with Gasteiger partial charge in [-0.3, -0.25) is 9.69 Å². The van der Waals surface area contributed by atoms with Crippen molar-refractivity contribution < 1.29 is 9.18 Å². The zero-order valence-corrected chi connectivity index (χ0v) is 13.8. The van der Waals surface area contributed by atoms with E-state index in [0.29, 0.717) is 5.82 Å². The summed E-state index contributed by atoms with van der Waals surface area (Å²) in [5, 5.41) is 3.41. The third-order valence-corrected chi connectivity index (χ3v) is 4.48. The van der Waals surface area contributed by atoms with Gasteiger partial charge in [0.2, 0.25) is 0 Å². The molecule has 0 unspecified atom stereocenters. The van der Waals surface area contributed by atoms with E-state index in [1.54, 1.807) is 6.07 Å². The number of anilines is 1. The monoisotopic (exact) mass is 349 g/mol. The molecule has 2 aromatic rings. The lowest BCUT2D eigenvalue weighted by atomic mass is 10.00. The maximum absolute atomic E-state index is 13.8. The van der Waals surface area contributed by atoms with Crippen LogP contribution in [0.15, 0.2) is 30.6 Å². The van der Waals surface area contributed by atoms with Crippen LogP contribution in [0.3, 0.4) is 0 Å². The molecule has 0 radical (unpaired) electrons. The molecule has 0 bridgehead atoms. The molecule has 3 rings (SSSR count). The van der Waals surface area contributed by atoms with Crippen LogP contribution in [-0.2, 0) is 0 Å². The molecule has 3 N–H and O–H groups in total. The minimum atomic E-state index is -0.621. The maximum atomic E-state index is 13.8. The van der Waals surface area contributed by atoms with E-state index in [-0.39, 0.29) is 22.8 Å². The van der Waals surface area contributed by atoms with Crippen LogP contribution in [0.2, 0.25) is 5.02 Å². The molecule has 24 heavy (non-hydrogen) atoms. The molecule has 126 valence electrons. The lowest BCUT2D eigenvalue weighted by Crippen LogP contribution is -2.29. The first-order valence-electron chi connectivity index (χ1n) is 7.49. The Bertz CT molecular complexity index is 755. The number of benzene rings is 1. The van der Waals surface area contributed by atoms with Gasteiger partial charge in [0.05, 0.1) is 23.5 Å². The fourth-order valence-electron chi connectivity index (χ4n) is 3.00. The normalized spacial score (nSPS) is 21.0. The Morgan fingerprint density at radius 2 is 2.21 bits per heavy atom. The summed E-state index contributed by atoms with van der Waals surface area (Å²) in [6.45, 7) is 0.860. The molecule has 6 nitrogen and oxygen atoms in total. The minimum absolute atomic E-state index is 0.0191. The van der Waals surface area contributed by atoms with E-state index in [1.165, 1.54) is 18.5 Å².